The molecule has 0 aromatic carbocycles. The number of hydrogen-bond donors (Lipinski definition) is 0. The Morgan fingerprint density at radius 2 is 1.92 bits per heavy atom. The maximum absolute atomic E-state index is 12.6. The number of amides is 1. The molecular formula is C17H31N7O. The molecule has 0 unspecified atom stereocenters. The predicted molar refractivity (Wildman–Crippen MR) is 94.9 cm³/mol. The molecule has 1 amide bonds. The van der Waals surface area contributed by atoms with E-state index >= 15 is 0 Å². The van der Waals surface area contributed by atoms with Gasteiger partial charge >= 0.3 is 0 Å². The number of likely N-dealkylation sites (tertiary alicyclic amines) is 2. The van der Waals surface area contributed by atoms with E-state index in [-0.39, 0.29) is 12.5 Å². The average Bonchev–Trinajstić information content (AvgIpc) is 3.10. The third-order valence-corrected chi connectivity index (χ3v) is 5.54. The van der Waals surface area contributed by atoms with Crippen molar-refractivity contribution < 1.29 is 4.79 Å². The minimum Gasteiger partial charge on any atom is -0.343 e. The van der Waals surface area contributed by atoms with Gasteiger partial charge in [-0.05, 0) is 62.8 Å². The van der Waals surface area contributed by atoms with Gasteiger partial charge in [0.05, 0.1) is 6.54 Å². The van der Waals surface area contributed by atoms with Crippen LogP contribution in [0.3, 0.4) is 0 Å². The number of rotatable bonds is 6. The molecule has 2 fully saturated rings. The van der Waals surface area contributed by atoms with Gasteiger partial charge in [0.1, 0.15) is 6.54 Å². The Labute approximate surface area is 150 Å². The van der Waals surface area contributed by atoms with Crippen LogP contribution in [0.2, 0.25) is 0 Å². The Morgan fingerprint density at radius 3 is 2.60 bits per heavy atom. The van der Waals surface area contributed by atoms with Crippen molar-refractivity contribution in [2.45, 2.75) is 57.7 Å². The predicted octanol–water partition coefficient (Wildman–Crippen LogP) is 0.602. The number of tetrazole rings is 1. The Bertz CT molecular complexity index is 553. The van der Waals surface area contributed by atoms with Crippen molar-refractivity contribution in [2.24, 2.45) is 0 Å². The summed E-state index contributed by atoms with van der Waals surface area (Å²) in [5.41, 5.74) is 0. The standard InChI is InChI=1S/C17H31N7O/c1-21-9-7-8-15(21)12-22(2)17(25)14-24-16(18-19-20-24)13-23-10-5-3-4-6-11-23/h15H,3-14H2,1-2H3/t15-/m1/s1. The molecule has 0 aliphatic carbocycles. The summed E-state index contributed by atoms with van der Waals surface area (Å²) in [6, 6.07) is 0.472. The monoisotopic (exact) mass is 349 g/mol. The van der Waals surface area contributed by atoms with Gasteiger partial charge in [0.2, 0.25) is 5.91 Å². The van der Waals surface area contributed by atoms with Crippen molar-refractivity contribution in [1.29, 1.82) is 0 Å². The lowest BCUT2D eigenvalue weighted by Gasteiger charge is -2.26. The molecule has 2 saturated heterocycles. The summed E-state index contributed by atoms with van der Waals surface area (Å²) in [4.78, 5) is 19.1. The lowest BCUT2D eigenvalue weighted by atomic mass is 10.2. The van der Waals surface area contributed by atoms with Crippen LogP contribution in [0.25, 0.3) is 0 Å². The molecule has 0 bridgehead atoms. The Morgan fingerprint density at radius 1 is 1.16 bits per heavy atom. The van der Waals surface area contributed by atoms with Crippen molar-refractivity contribution in [1.82, 2.24) is 34.9 Å². The first kappa shape index (κ1) is 18.3. The van der Waals surface area contributed by atoms with Crippen LogP contribution in [0.5, 0.6) is 0 Å². The van der Waals surface area contributed by atoms with Crippen LogP contribution < -0.4 is 0 Å². The molecule has 0 saturated carbocycles. The van der Waals surface area contributed by atoms with Gasteiger partial charge in [-0.25, -0.2) is 4.68 Å². The first-order valence-electron chi connectivity index (χ1n) is 9.55. The van der Waals surface area contributed by atoms with Gasteiger partial charge in [-0.2, -0.15) is 0 Å². The van der Waals surface area contributed by atoms with Gasteiger partial charge in [0, 0.05) is 19.6 Å². The van der Waals surface area contributed by atoms with Crippen molar-refractivity contribution in [3.63, 3.8) is 0 Å². The molecule has 1 aromatic rings. The molecule has 140 valence electrons. The SMILES string of the molecule is CN(C[C@H]1CCCN1C)C(=O)Cn1nnnc1CN1CCCCCC1. The second-order valence-corrected chi connectivity index (χ2v) is 7.49. The number of likely N-dealkylation sites (N-methyl/N-ethyl adjacent to an activating group) is 2. The fourth-order valence-electron chi connectivity index (χ4n) is 3.83. The number of carbonyl (C=O) groups is 1. The van der Waals surface area contributed by atoms with Gasteiger partial charge in [-0.1, -0.05) is 12.8 Å². The van der Waals surface area contributed by atoms with E-state index in [0.717, 1.165) is 38.5 Å². The van der Waals surface area contributed by atoms with E-state index in [1.807, 2.05) is 11.9 Å². The van der Waals surface area contributed by atoms with E-state index in [2.05, 4.69) is 32.4 Å². The van der Waals surface area contributed by atoms with E-state index in [4.69, 9.17) is 0 Å². The highest BCUT2D eigenvalue weighted by Gasteiger charge is 2.24. The average molecular weight is 349 g/mol. The molecule has 3 heterocycles. The van der Waals surface area contributed by atoms with E-state index < -0.39 is 0 Å². The minimum atomic E-state index is 0.0738. The number of aromatic nitrogens is 4. The van der Waals surface area contributed by atoms with Crippen molar-refractivity contribution in [3.05, 3.63) is 5.82 Å². The third kappa shape index (κ3) is 4.98. The van der Waals surface area contributed by atoms with Crippen LogP contribution in [0.15, 0.2) is 0 Å². The molecule has 1 atom stereocenters. The van der Waals surface area contributed by atoms with Gasteiger partial charge in [-0.3, -0.25) is 9.69 Å². The normalized spacial score (nSPS) is 22.9. The molecule has 8 heteroatoms. The van der Waals surface area contributed by atoms with E-state index in [1.165, 1.54) is 38.5 Å². The van der Waals surface area contributed by atoms with Gasteiger partial charge in [0.15, 0.2) is 5.82 Å². The molecule has 0 radical (unpaired) electrons. The van der Waals surface area contributed by atoms with Crippen LogP contribution in [0.1, 0.15) is 44.3 Å². The summed E-state index contributed by atoms with van der Waals surface area (Å²) in [6.45, 7) is 5.04. The van der Waals surface area contributed by atoms with Crippen LogP contribution >= 0.6 is 0 Å². The molecule has 3 rings (SSSR count). The summed E-state index contributed by atoms with van der Waals surface area (Å²) in [7, 11) is 4.02. The summed E-state index contributed by atoms with van der Waals surface area (Å²) in [5.74, 6) is 0.867. The van der Waals surface area contributed by atoms with Gasteiger partial charge in [0.25, 0.3) is 0 Å². The maximum atomic E-state index is 12.6. The minimum absolute atomic E-state index is 0.0738. The fraction of sp³-hybridized carbons (Fsp3) is 0.882. The quantitative estimate of drug-likeness (QED) is 0.749. The van der Waals surface area contributed by atoms with Gasteiger partial charge < -0.3 is 9.80 Å². The highest BCUT2D eigenvalue weighted by Crippen LogP contribution is 2.16. The zero-order valence-electron chi connectivity index (χ0n) is 15.6. The van der Waals surface area contributed by atoms with Crippen LogP contribution in [0.4, 0.5) is 0 Å². The van der Waals surface area contributed by atoms with Crippen LogP contribution in [0, 0.1) is 0 Å². The molecule has 0 spiro atoms. The zero-order chi connectivity index (χ0) is 17.6. The molecular weight excluding hydrogens is 318 g/mol. The smallest absolute Gasteiger partial charge is 0.244 e. The molecule has 25 heavy (non-hydrogen) atoms. The summed E-state index contributed by atoms with van der Waals surface area (Å²) in [5, 5.41) is 12.0. The van der Waals surface area contributed by atoms with Crippen molar-refractivity contribution in [2.75, 3.05) is 40.3 Å². The summed E-state index contributed by atoms with van der Waals surface area (Å²) < 4.78 is 1.67. The molecule has 0 N–H and O–H groups in total. The van der Waals surface area contributed by atoms with Crippen molar-refractivity contribution in [3.8, 4) is 0 Å². The highest BCUT2D eigenvalue weighted by atomic mass is 16.2. The van der Waals surface area contributed by atoms with E-state index in [9.17, 15) is 4.79 Å². The third-order valence-electron chi connectivity index (χ3n) is 5.54. The summed E-state index contributed by atoms with van der Waals surface area (Å²) >= 11 is 0. The lowest BCUT2D eigenvalue weighted by molar-refractivity contribution is -0.131. The molecule has 2 aliphatic rings. The topological polar surface area (TPSA) is 70.4 Å². The second kappa shape index (κ2) is 8.71. The number of hydrogen-bond acceptors (Lipinski definition) is 6. The van der Waals surface area contributed by atoms with Crippen molar-refractivity contribution >= 4 is 5.91 Å². The molecule has 1 aromatic heterocycles. The summed E-state index contributed by atoms with van der Waals surface area (Å²) in [6.07, 6.45) is 7.46. The van der Waals surface area contributed by atoms with E-state index in [1.54, 1.807) is 4.68 Å². The van der Waals surface area contributed by atoms with E-state index in [0.29, 0.717) is 6.04 Å². The number of nitrogens with zero attached hydrogens (tertiary/aromatic N) is 7. The molecule has 2 aliphatic heterocycles. The first-order chi connectivity index (χ1) is 12.1. The number of carbonyl (C=O) groups excluding carboxylic acids is 1. The fourth-order valence-corrected chi connectivity index (χ4v) is 3.83. The Hall–Kier alpha value is -1.54. The van der Waals surface area contributed by atoms with Gasteiger partial charge in [-0.15, -0.1) is 5.10 Å². The second-order valence-electron chi connectivity index (χ2n) is 7.49. The maximum Gasteiger partial charge on any atom is 0.244 e. The Kier molecular flexibility index (Phi) is 6.36. The van der Waals surface area contributed by atoms with Crippen LogP contribution in [-0.2, 0) is 17.9 Å². The highest BCUT2D eigenvalue weighted by molar-refractivity contribution is 5.75. The first-order valence-corrected chi connectivity index (χ1v) is 9.55. The lowest BCUT2D eigenvalue weighted by Crippen LogP contribution is -2.41. The van der Waals surface area contributed by atoms with Crippen LogP contribution in [-0.4, -0.2) is 87.1 Å². The zero-order valence-corrected chi connectivity index (χ0v) is 15.6. The largest absolute Gasteiger partial charge is 0.343 e. The molecule has 8 nitrogen and oxygen atoms in total. The Balaban J connectivity index is 1.53.